The molecule has 3 heterocycles. The van der Waals surface area contributed by atoms with Gasteiger partial charge in [0.15, 0.2) is 5.76 Å². The number of hydrogen-bond donors (Lipinski definition) is 2. The second-order valence-electron chi connectivity index (χ2n) is 7.19. The Kier molecular flexibility index (Phi) is 6.15. The van der Waals surface area contributed by atoms with Crippen LogP contribution in [-0.4, -0.2) is 60.7 Å². The highest BCUT2D eigenvalue weighted by atomic mass is 16.5. The van der Waals surface area contributed by atoms with Crippen molar-refractivity contribution in [3.8, 4) is 0 Å². The quantitative estimate of drug-likeness (QED) is 0.625. The molecule has 0 bridgehead atoms. The lowest BCUT2D eigenvalue weighted by Crippen LogP contribution is -2.41. The van der Waals surface area contributed by atoms with Crippen molar-refractivity contribution in [3.05, 3.63) is 54.1 Å². The molecule has 1 fully saturated rings. The fourth-order valence-corrected chi connectivity index (χ4v) is 3.72. The number of benzene rings is 1. The van der Waals surface area contributed by atoms with Gasteiger partial charge in [-0.05, 0) is 43.3 Å². The minimum absolute atomic E-state index is 0.0949. The van der Waals surface area contributed by atoms with Gasteiger partial charge in [0, 0.05) is 49.3 Å². The van der Waals surface area contributed by atoms with Crippen LogP contribution >= 0.6 is 0 Å². The van der Waals surface area contributed by atoms with Crippen LogP contribution in [0.1, 0.15) is 28.0 Å². The molecular weight excluding hydrogens is 384 g/mol. The molecule has 1 saturated heterocycles. The summed E-state index contributed by atoms with van der Waals surface area (Å²) in [6.45, 7) is 7.38. The zero-order chi connectivity index (χ0) is 20.9. The van der Waals surface area contributed by atoms with Crippen LogP contribution in [0.2, 0.25) is 0 Å². The maximum Gasteiger partial charge on any atom is 0.291 e. The fraction of sp³-hybridized carbons (Fsp3) is 0.364. The maximum atomic E-state index is 12.8. The number of carbonyl (C=O) groups is 2. The van der Waals surface area contributed by atoms with Crippen molar-refractivity contribution in [1.29, 1.82) is 0 Å². The summed E-state index contributed by atoms with van der Waals surface area (Å²) in [4.78, 5) is 27.3. The molecule has 0 unspecified atom stereocenters. The van der Waals surface area contributed by atoms with E-state index in [1.165, 1.54) is 6.26 Å². The van der Waals surface area contributed by atoms with Gasteiger partial charge in [-0.15, -0.1) is 0 Å². The number of rotatable bonds is 7. The normalized spacial score (nSPS) is 14.7. The number of anilines is 1. The van der Waals surface area contributed by atoms with E-state index in [0.717, 1.165) is 43.8 Å². The molecule has 0 spiro atoms. The van der Waals surface area contributed by atoms with Gasteiger partial charge in [0.1, 0.15) is 5.69 Å². The summed E-state index contributed by atoms with van der Waals surface area (Å²) in [5, 5.41) is 6.74. The second kappa shape index (κ2) is 9.15. The molecule has 8 nitrogen and oxygen atoms in total. The van der Waals surface area contributed by atoms with Crippen LogP contribution in [0.15, 0.2) is 47.1 Å². The van der Waals surface area contributed by atoms with Gasteiger partial charge in [0.05, 0.1) is 19.5 Å². The Hall–Kier alpha value is -3.10. The van der Waals surface area contributed by atoms with E-state index in [1.54, 1.807) is 12.1 Å². The number of aryl methyl sites for hydroxylation is 1. The topological polar surface area (TPSA) is 88.7 Å². The molecule has 30 heavy (non-hydrogen) atoms. The van der Waals surface area contributed by atoms with Gasteiger partial charge in [-0.25, -0.2) is 0 Å². The Morgan fingerprint density at radius 2 is 1.93 bits per heavy atom. The average molecular weight is 410 g/mol. The van der Waals surface area contributed by atoms with Gasteiger partial charge in [-0.3, -0.25) is 14.5 Å². The first-order chi connectivity index (χ1) is 14.7. The summed E-state index contributed by atoms with van der Waals surface area (Å²) < 4.78 is 12.5. The van der Waals surface area contributed by atoms with Crippen LogP contribution in [0.3, 0.4) is 0 Å². The standard InChI is InChI=1S/C22H26N4O4/c1-2-26-18-6-5-17(24-22(28)20-4-3-11-30-20)14-16(18)15-19(26)21(27)23-7-8-25-9-12-29-13-10-25/h3-6,11,14-15H,2,7-10,12-13H2,1H3,(H,23,27)(H,24,28). The van der Waals surface area contributed by atoms with Crippen molar-refractivity contribution in [2.75, 3.05) is 44.7 Å². The Balaban J connectivity index is 1.46. The lowest BCUT2D eigenvalue weighted by atomic mass is 10.2. The molecule has 3 aromatic rings. The minimum atomic E-state index is -0.310. The van der Waals surface area contributed by atoms with Gasteiger partial charge >= 0.3 is 0 Å². The first kappa shape index (κ1) is 20.2. The van der Waals surface area contributed by atoms with Crippen molar-refractivity contribution >= 4 is 28.4 Å². The molecule has 2 N–H and O–H groups in total. The Labute approximate surface area is 174 Å². The monoisotopic (exact) mass is 410 g/mol. The summed E-state index contributed by atoms with van der Waals surface area (Å²) in [5.74, 6) is -0.153. The number of hydrogen-bond acceptors (Lipinski definition) is 5. The number of carbonyl (C=O) groups excluding carboxylic acids is 2. The number of fused-ring (bicyclic) bond motifs is 1. The van der Waals surface area contributed by atoms with Crippen molar-refractivity contribution < 1.29 is 18.7 Å². The van der Waals surface area contributed by atoms with E-state index in [-0.39, 0.29) is 17.6 Å². The third-order valence-corrected chi connectivity index (χ3v) is 5.27. The average Bonchev–Trinajstić information content (AvgIpc) is 3.42. The SMILES string of the molecule is CCn1c(C(=O)NCCN2CCOCC2)cc2cc(NC(=O)c3ccco3)ccc21. The van der Waals surface area contributed by atoms with Gasteiger partial charge in [0.2, 0.25) is 0 Å². The molecule has 0 atom stereocenters. The van der Waals surface area contributed by atoms with Gasteiger partial charge in [0.25, 0.3) is 11.8 Å². The maximum absolute atomic E-state index is 12.8. The number of ether oxygens (including phenoxy) is 1. The third kappa shape index (κ3) is 4.39. The molecule has 8 heteroatoms. The van der Waals surface area contributed by atoms with Crippen LogP contribution < -0.4 is 10.6 Å². The number of amides is 2. The summed E-state index contributed by atoms with van der Waals surface area (Å²) in [6.07, 6.45) is 1.46. The summed E-state index contributed by atoms with van der Waals surface area (Å²) in [6, 6.07) is 10.8. The predicted molar refractivity (Wildman–Crippen MR) is 114 cm³/mol. The van der Waals surface area contributed by atoms with E-state index >= 15 is 0 Å². The largest absolute Gasteiger partial charge is 0.459 e. The van der Waals surface area contributed by atoms with Gasteiger partial charge in [-0.2, -0.15) is 0 Å². The van der Waals surface area contributed by atoms with Gasteiger partial charge < -0.3 is 24.4 Å². The summed E-state index contributed by atoms with van der Waals surface area (Å²) in [5.41, 5.74) is 2.22. The van der Waals surface area contributed by atoms with Crippen LogP contribution in [0.5, 0.6) is 0 Å². The van der Waals surface area contributed by atoms with E-state index in [1.807, 2.05) is 35.8 Å². The summed E-state index contributed by atoms with van der Waals surface area (Å²) >= 11 is 0. The smallest absolute Gasteiger partial charge is 0.291 e. The van der Waals surface area contributed by atoms with Crippen LogP contribution in [-0.2, 0) is 11.3 Å². The van der Waals surface area contributed by atoms with Gasteiger partial charge in [-0.1, -0.05) is 0 Å². The minimum Gasteiger partial charge on any atom is -0.459 e. The van der Waals surface area contributed by atoms with E-state index in [0.29, 0.717) is 24.5 Å². The Morgan fingerprint density at radius 3 is 2.67 bits per heavy atom. The highest BCUT2D eigenvalue weighted by Crippen LogP contribution is 2.24. The highest BCUT2D eigenvalue weighted by molar-refractivity contribution is 6.04. The zero-order valence-electron chi connectivity index (χ0n) is 17.0. The van der Waals surface area contributed by atoms with Crippen LogP contribution in [0.25, 0.3) is 10.9 Å². The number of aromatic nitrogens is 1. The molecular formula is C22H26N4O4. The van der Waals surface area contributed by atoms with Crippen molar-refractivity contribution in [2.45, 2.75) is 13.5 Å². The molecule has 4 rings (SSSR count). The molecule has 2 aromatic heterocycles. The molecule has 0 saturated carbocycles. The fourth-order valence-electron chi connectivity index (χ4n) is 3.72. The predicted octanol–water partition coefficient (Wildman–Crippen LogP) is 2.57. The van der Waals surface area contributed by atoms with Crippen LogP contribution in [0, 0.1) is 0 Å². The zero-order valence-corrected chi connectivity index (χ0v) is 17.0. The molecule has 1 aromatic carbocycles. The third-order valence-electron chi connectivity index (χ3n) is 5.27. The van der Waals surface area contributed by atoms with Crippen molar-refractivity contribution in [3.63, 3.8) is 0 Å². The highest BCUT2D eigenvalue weighted by Gasteiger charge is 2.17. The molecule has 1 aliphatic heterocycles. The molecule has 2 amide bonds. The van der Waals surface area contributed by atoms with E-state index in [2.05, 4.69) is 15.5 Å². The van der Waals surface area contributed by atoms with Crippen LogP contribution in [0.4, 0.5) is 5.69 Å². The second-order valence-corrected chi connectivity index (χ2v) is 7.19. The first-order valence-corrected chi connectivity index (χ1v) is 10.2. The van der Waals surface area contributed by atoms with Crippen molar-refractivity contribution in [2.24, 2.45) is 0 Å². The molecule has 1 aliphatic rings. The molecule has 0 radical (unpaired) electrons. The molecule has 158 valence electrons. The van der Waals surface area contributed by atoms with E-state index in [9.17, 15) is 9.59 Å². The Morgan fingerprint density at radius 1 is 1.10 bits per heavy atom. The lowest BCUT2D eigenvalue weighted by Gasteiger charge is -2.26. The number of furan rings is 1. The van der Waals surface area contributed by atoms with E-state index < -0.39 is 0 Å². The number of nitrogens with one attached hydrogen (secondary N) is 2. The number of morpholine rings is 1. The molecule has 0 aliphatic carbocycles. The number of nitrogens with zero attached hydrogens (tertiary/aromatic N) is 2. The first-order valence-electron chi connectivity index (χ1n) is 10.2. The van der Waals surface area contributed by atoms with Crippen molar-refractivity contribution in [1.82, 2.24) is 14.8 Å². The summed E-state index contributed by atoms with van der Waals surface area (Å²) in [7, 11) is 0. The lowest BCUT2D eigenvalue weighted by molar-refractivity contribution is 0.0383. The Bertz CT molecular complexity index is 1020. The van der Waals surface area contributed by atoms with E-state index in [4.69, 9.17) is 9.15 Å².